The Kier molecular flexibility index (Phi) is 6.83. The van der Waals surface area contributed by atoms with Crippen molar-refractivity contribution in [1.82, 2.24) is 15.1 Å². The van der Waals surface area contributed by atoms with E-state index in [0.29, 0.717) is 17.0 Å². The second-order valence-electron chi connectivity index (χ2n) is 5.62. The van der Waals surface area contributed by atoms with Crippen molar-refractivity contribution in [1.29, 1.82) is 0 Å². The molecule has 1 unspecified atom stereocenters. The molecule has 0 saturated heterocycles. The summed E-state index contributed by atoms with van der Waals surface area (Å²) in [6.07, 6.45) is 1.98. The maximum absolute atomic E-state index is 9.10. The van der Waals surface area contributed by atoms with Gasteiger partial charge in [0.1, 0.15) is 5.15 Å². The minimum atomic E-state index is 0.256. The Bertz CT molecular complexity index is 390. The van der Waals surface area contributed by atoms with Crippen LogP contribution in [0.15, 0.2) is 0 Å². The lowest BCUT2D eigenvalue weighted by Gasteiger charge is -2.18. The summed E-state index contributed by atoms with van der Waals surface area (Å²) in [5.74, 6) is 1.17. The summed E-state index contributed by atoms with van der Waals surface area (Å²) in [5.41, 5.74) is 2.04. The van der Waals surface area contributed by atoms with Crippen molar-refractivity contribution in [2.75, 3.05) is 13.2 Å². The van der Waals surface area contributed by atoms with Crippen molar-refractivity contribution in [2.45, 2.75) is 40.2 Å². The molecule has 0 radical (unpaired) electrons. The number of aromatic nitrogens is 2. The summed E-state index contributed by atoms with van der Waals surface area (Å²) in [5, 5.41) is 17.5. The highest BCUT2D eigenvalue weighted by molar-refractivity contribution is 6.30. The molecular formula is C14H26ClN3O. The van der Waals surface area contributed by atoms with E-state index >= 15 is 0 Å². The molecule has 0 aromatic carbocycles. The van der Waals surface area contributed by atoms with E-state index in [1.54, 1.807) is 4.68 Å². The summed E-state index contributed by atoms with van der Waals surface area (Å²) in [6.45, 7) is 8.30. The predicted molar refractivity (Wildman–Crippen MR) is 79.3 cm³/mol. The zero-order valence-electron chi connectivity index (χ0n) is 12.4. The number of aryl methyl sites for hydroxylation is 2. The fourth-order valence-electron chi connectivity index (χ4n) is 2.43. The maximum Gasteiger partial charge on any atom is 0.131 e. The average molecular weight is 288 g/mol. The van der Waals surface area contributed by atoms with Gasteiger partial charge in [-0.2, -0.15) is 5.10 Å². The highest BCUT2D eigenvalue weighted by Gasteiger charge is 2.13. The quantitative estimate of drug-likeness (QED) is 0.772. The topological polar surface area (TPSA) is 50.1 Å². The van der Waals surface area contributed by atoms with Crippen LogP contribution < -0.4 is 5.32 Å². The Morgan fingerprint density at radius 3 is 2.58 bits per heavy atom. The van der Waals surface area contributed by atoms with E-state index in [4.69, 9.17) is 16.7 Å². The first kappa shape index (κ1) is 16.5. The Hall–Kier alpha value is -0.580. The van der Waals surface area contributed by atoms with Crippen LogP contribution in [0.3, 0.4) is 0 Å². The van der Waals surface area contributed by atoms with E-state index in [1.165, 1.54) is 0 Å². The largest absolute Gasteiger partial charge is 0.396 e. The number of hydrogen-bond donors (Lipinski definition) is 2. The molecule has 4 nitrogen and oxygen atoms in total. The van der Waals surface area contributed by atoms with Crippen LogP contribution in [-0.2, 0) is 13.6 Å². The summed E-state index contributed by atoms with van der Waals surface area (Å²) in [7, 11) is 1.85. The molecule has 1 heterocycles. The Labute approximate surface area is 121 Å². The Morgan fingerprint density at radius 1 is 1.42 bits per heavy atom. The molecule has 1 rings (SSSR count). The second kappa shape index (κ2) is 7.88. The van der Waals surface area contributed by atoms with Gasteiger partial charge in [0.25, 0.3) is 0 Å². The number of nitrogens with zero attached hydrogens (tertiary/aromatic N) is 2. The summed E-state index contributed by atoms with van der Waals surface area (Å²) in [4.78, 5) is 0. The van der Waals surface area contributed by atoms with E-state index in [2.05, 4.69) is 24.3 Å². The molecule has 2 N–H and O–H groups in total. The molecule has 0 aliphatic carbocycles. The van der Waals surface area contributed by atoms with Gasteiger partial charge < -0.3 is 10.4 Å². The summed E-state index contributed by atoms with van der Waals surface area (Å²) in [6, 6.07) is 0. The van der Waals surface area contributed by atoms with Gasteiger partial charge in [-0.1, -0.05) is 25.4 Å². The molecule has 1 aromatic rings. The number of nitrogens with one attached hydrogen (secondary N) is 1. The standard InChI is InChI=1S/C14H26ClN3O/c1-10(2)7-12(5-6-19)8-16-9-13-11(3)17-18(4)14(13)15/h10,12,16,19H,5-9H2,1-4H3. The lowest BCUT2D eigenvalue weighted by molar-refractivity contribution is 0.239. The lowest BCUT2D eigenvalue weighted by Crippen LogP contribution is -2.24. The molecule has 110 valence electrons. The molecule has 1 atom stereocenters. The van der Waals surface area contributed by atoms with E-state index in [9.17, 15) is 0 Å². The van der Waals surface area contributed by atoms with Crippen LogP contribution in [-0.4, -0.2) is 28.0 Å². The molecule has 0 spiro atoms. The van der Waals surface area contributed by atoms with Gasteiger partial charge in [-0.25, -0.2) is 0 Å². The van der Waals surface area contributed by atoms with Gasteiger partial charge >= 0.3 is 0 Å². The molecule has 0 saturated carbocycles. The first-order valence-electron chi connectivity index (χ1n) is 6.95. The van der Waals surface area contributed by atoms with Crippen LogP contribution in [0.1, 0.15) is 37.9 Å². The van der Waals surface area contributed by atoms with Crippen molar-refractivity contribution in [3.05, 3.63) is 16.4 Å². The van der Waals surface area contributed by atoms with Crippen molar-refractivity contribution in [3.8, 4) is 0 Å². The average Bonchev–Trinajstić information content (AvgIpc) is 2.55. The van der Waals surface area contributed by atoms with Gasteiger partial charge in [0.2, 0.25) is 0 Å². The molecule has 0 aliphatic rings. The van der Waals surface area contributed by atoms with Crippen LogP contribution in [0.5, 0.6) is 0 Å². The number of aliphatic hydroxyl groups is 1. The predicted octanol–water partition coefficient (Wildman–Crippen LogP) is 2.52. The van der Waals surface area contributed by atoms with Crippen LogP contribution >= 0.6 is 11.6 Å². The minimum absolute atomic E-state index is 0.256. The van der Waals surface area contributed by atoms with Crippen molar-refractivity contribution < 1.29 is 5.11 Å². The molecule has 0 aliphatic heterocycles. The van der Waals surface area contributed by atoms with Crippen LogP contribution in [0.4, 0.5) is 0 Å². The third kappa shape index (κ3) is 5.13. The fraction of sp³-hybridized carbons (Fsp3) is 0.786. The molecule has 5 heteroatoms. The van der Waals surface area contributed by atoms with Crippen LogP contribution in [0.2, 0.25) is 5.15 Å². The summed E-state index contributed by atoms with van der Waals surface area (Å²) >= 11 is 6.20. The maximum atomic E-state index is 9.10. The van der Waals surface area contributed by atoms with E-state index in [-0.39, 0.29) is 6.61 Å². The van der Waals surface area contributed by atoms with Crippen molar-refractivity contribution >= 4 is 11.6 Å². The molecule has 19 heavy (non-hydrogen) atoms. The normalized spacial score (nSPS) is 13.2. The van der Waals surface area contributed by atoms with Gasteiger partial charge in [0.05, 0.1) is 5.69 Å². The lowest BCUT2D eigenvalue weighted by atomic mass is 9.94. The Balaban J connectivity index is 2.47. The first-order chi connectivity index (χ1) is 8.95. The van der Waals surface area contributed by atoms with Crippen LogP contribution in [0, 0.1) is 18.8 Å². The number of aliphatic hydroxyl groups excluding tert-OH is 1. The van der Waals surface area contributed by atoms with E-state index in [0.717, 1.165) is 37.2 Å². The molecule has 1 aromatic heterocycles. The monoisotopic (exact) mass is 287 g/mol. The van der Waals surface area contributed by atoms with Gasteiger partial charge in [-0.15, -0.1) is 0 Å². The van der Waals surface area contributed by atoms with Gasteiger partial charge in [-0.05, 0) is 38.1 Å². The van der Waals surface area contributed by atoms with E-state index in [1.807, 2.05) is 14.0 Å². The van der Waals surface area contributed by atoms with Gasteiger partial charge in [0, 0.05) is 25.8 Å². The molecule has 0 fully saturated rings. The van der Waals surface area contributed by atoms with Gasteiger partial charge in [-0.3, -0.25) is 4.68 Å². The zero-order chi connectivity index (χ0) is 14.4. The molecule has 0 amide bonds. The Morgan fingerprint density at radius 2 is 2.11 bits per heavy atom. The highest BCUT2D eigenvalue weighted by Crippen LogP contribution is 2.19. The first-order valence-corrected chi connectivity index (χ1v) is 7.33. The van der Waals surface area contributed by atoms with Crippen molar-refractivity contribution in [2.24, 2.45) is 18.9 Å². The zero-order valence-corrected chi connectivity index (χ0v) is 13.2. The second-order valence-corrected chi connectivity index (χ2v) is 5.98. The molecular weight excluding hydrogens is 262 g/mol. The van der Waals surface area contributed by atoms with Gasteiger partial charge in [0.15, 0.2) is 0 Å². The number of halogens is 1. The van der Waals surface area contributed by atoms with Crippen LogP contribution in [0.25, 0.3) is 0 Å². The summed E-state index contributed by atoms with van der Waals surface area (Å²) < 4.78 is 1.70. The SMILES string of the molecule is Cc1nn(C)c(Cl)c1CNCC(CCO)CC(C)C. The minimum Gasteiger partial charge on any atom is -0.396 e. The highest BCUT2D eigenvalue weighted by atomic mass is 35.5. The van der Waals surface area contributed by atoms with Crippen molar-refractivity contribution in [3.63, 3.8) is 0 Å². The number of rotatable bonds is 8. The third-order valence-electron chi connectivity index (χ3n) is 3.35. The molecule has 0 bridgehead atoms. The third-order valence-corrected chi connectivity index (χ3v) is 3.82. The smallest absolute Gasteiger partial charge is 0.131 e. The fourth-order valence-corrected chi connectivity index (χ4v) is 2.67. The number of hydrogen-bond acceptors (Lipinski definition) is 3. The van der Waals surface area contributed by atoms with E-state index < -0.39 is 0 Å².